The molecule has 0 unspecified atom stereocenters. The molecule has 2 N–H and O–H groups in total. The van der Waals surface area contributed by atoms with E-state index in [4.69, 9.17) is 5.41 Å². The molecule has 0 aliphatic rings. The summed E-state index contributed by atoms with van der Waals surface area (Å²) in [6, 6.07) is 0. The number of hydrogen-bond donors (Lipinski definition) is 2. The molecule has 0 aromatic rings. The molecule has 0 radical (unpaired) electrons. The van der Waals surface area contributed by atoms with Gasteiger partial charge in [0.1, 0.15) is 0 Å². The molecule has 0 saturated heterocycles. The smallest absolute Gasteiger partial charge is 0.0966 e. The Morgan fingerprint density at radius 1 is 1.73 bits per heavy atom. The third-order valence-electron chi connectivity index (χ3n) is 1.21. The van der Waals surface area contributed by atoms with Crippen molar-refractivity contribution in [1.29, 1.82) is 5.41 Å². The van der Waals surface area contributed by atoms with Gasteiger partial charge in [-0.3, -0.25) is 5.41 Å². The second-order valence-corrected chi connectivity index (χ2v) is 2.65. The maximum atomic E-state index is 7.33. The van der Waals surface area contributed by atoms with E-state index < -0.39 is 0 Å². The van der Waals surface area contributed by atoms with Crippen molar-refractivity contribution in [3.05, 3.63) is 12.4 Å². The van der Waals surface area contributed by atoms with E-state index in [1.807, 2.05) is 30.5 Å². The second kappa shape index (κ2) is 6.09. The Kier molecular flexibility index (Phi) is 5.74. The molecule has 11 heavy (non-hydrogen) atoms. The molecule has 0 heterocycles. The molecule has 3 nitrogen and oxygen atoms in total. The zero-order chi connectivity index (χ0) is 8.69. The minimum Gasteiger partial charge on any atom is -0.336 e. The molecule has 0 atom stereocenters. The van der Waals surface area contributed by atoms with E-state index in [1.54, 1.807) is 6.92 Å². The van der Waals surface area contributed by atoms with Crippen LogP contribution in [0.4, 0.5) is 0 Å². The summed E-state index contributed by atoms with van der Waals surface area (Å²) in [7, 11) is 0. The lowest BCUT2D eigenvalue weighted by Gasteiger charge is -2.15. The number of amidine groups is 1. The van der Waals surface area contributed by atoms with Gasteiger partial charge in [-0.05, 0) is 13.8 Å². The summed E-state index contributed by atoms with van der Waals surface area (Å²) in [5.74, 6) is 0.562. The molecular formula is C7H15N3S. The quantitative estimate of drug-likeness (QED) is 0.386. The summed E-state index contributed by atoms with van der Waals surface area (Å²) in [5.41, 5.74) is 0. The van der Waals surface area contributed by atoms with Crippen LogP contribution in [0.3, 0.4) is 0 Å². The van der Waals surface area contributed by atoms with Crippen LogP contribution in [-0.2, 0) is 0 Å². The molecule has 0 spiro atoms. The first kappa shape index (κ1) is 10.4. The highest BCUT2D eigenvalue weighted by molar-refractivity contribution is 7.96. The SMILES string of the molecule is CCN(/C=C\NSC)C(C)=N. The first-order valence-corrected chi connectivity index (χ1v) is 4.71. The van der Waals surface area contributed by atoms with Gasteiger partial charge in [0.15, 0.2) is 0 Å². The van der Waals surface area contributed by atoms with Crippen molar-refractivity contribution in [3.63, 3.8) is 0 Å². The van der Waals surface area contributed by atoms with Gasteiger partial charge in [0.05, 0.1) is 5.84 Å². The molecule has 64 valence electrons. The molecule has 0 aliphatic carbocycles. The van der Waals surface area contributed by atoms with Gasteiger partial charge in [-0.25, -0.2) is 0 Å². The van der Waals surface area contributed by atoms with Crippen LogP contribution in [0.1, 0.15) is 13.8 Å². The topological polar surface area (TPSA) is 39.1 Å². The third-order valence-corrected chi connectivity index (χ3v) is 1.58. The fourth-order valence-electron chi connectivity index (χ4n) is 0.643. The Balaban J connectivity index is 3.77. The van der Waals surface area contributed by atoms with Crippen molar-refractivity contribution in [2.24, 2.45) is 0 Å². The van der Waals surface area contributed by atoms with Gasteiger partial charge in [-0.2, -0.15) is 0 Å². The van der Waals surface area contributed by atoms with E-state index in [1.165, 1.54) is 11.9 Å². The Bertz CT molecular complexity index is 145. The highest BCUT2D eigenvalue weighted by atomic mass is 32.2. The standard InChI is InChI=1S/C7H15N3S/c1-4-10(7(2)8)6-5-9-11-3/h5-6,8-9H,4H2,1-3H3/b6-5-,8-7?. The van der Waals surface area contributed by atoms with Crippen LogP contribution in [0.5, 0.6) is 0 Å². The van der Waals surface area contributed by atoms with Crippen molar-refractivity contribution in [1.82, 2.24) is 9.62 Å². The zero-order valence-electron chi connectivity index (χ0n) is 7.22. The van der Waals surface area contributed by atoms with Crippen molar-refractivity contribution in [2.75, 3.05) is 12.8 Å². The highest BCUT2D eigenvalue weighted by Crippen LogP contribution is 1.90. The van der Waals surface area contributed by atoms with Gasteiger partial charge < -0.3 is 9.62 Å². The maximum Gasteiger partial charge on any atom is 0.0966 e. The normalized spacial score (nSPS) is 10.1. The van der Waals surface area contributed by atoms with E-state index in [9.17, 15) is 0 Å². The van der Waals surface area contributed by atoms with Crippen molar-refractivity contribution in [3.8, 4) is 0 Å². The van der Waals surface area contributed by atoms with Crippen LogP contribution >= 0.6 is 11.9 Å². The van der Waals surface area contributed by atoms with Crippen LogP contribution in [0.25, 0.3) is 0 Å². The molecule has 0 aromatic heterocycles. The summed E-state index contributed by atoms with van der Waals surface area (Å²) in [6.45, 7) is 4.62. The molecule has 4 heteroatoms. The van der Waals surface area contributed by atoms with Crippen molar-refractivity contribution < 1.29 is 0 Å². The predicted octanol–water partition coefficient (Wildman–Crippen LogP) is 1.64. The van der Waals surface area contributed by atoms with E-state index in [0.29, 0.717) is 5.84 Å². The predicted molar refractivity (Wildman–Crippen MR) is 51.6 cm³/mol. The average Bonchev–Trinajstić information content (AvgIpc) is 1.97. The van der Waals surface area contributed by atoms with Crippen molar-refractivity contribution >= 4 is 17.8 Å². The summed E-state index contributed by atoms with van der Waals surface area (Å²) in [5, 5.41) is 7.33. The lowest BCUT2D eigenvalue weighted by atomic mass is 10.5. The second-order valence-electron chi connectivity index (χ2n) is 2.01. The van der Waals surface area contributed by atoms with Gasteiger partial charge in [-0.1, -0.05) is 11.9 Å². The first-order valence-electron chi connectivity index (χ1n) is 3.49. The van der Waals surface area contributed by atoms with E-state index in [-0.39, 0.29) is 0 Å². The lowest BCUT2D eigenvalue weighted by Crippen LogP contribution is -2.21. The molecule has 0 aliphatic heterocycles. The van der Waals surface area contributed by atoms with Crippen LogP contribution < -0.4 is 4.72 Å². The molecule has 0 amide bonds. The van der Waals surface area contributed by atoms with Gasteiger partial charge in [-0.15, -0.1) is 0 Å². The van der Waals surface area contributed by atoms with E-state index in [0.717, 1.165) is 6.54 Å². The van der Waals surface area contributed by atoms with Crippen molar-refractivity contribution in [2.45, 2.75) is 13.8 Å². The Labute approximate surface area is 72.5 Å². The molecule has 0 rings (SSSR count). The monoisotopic (exact) mass is 173 g/mol. The minimum absolute atomic E-state index is 0.562. The Morgan fingerprint density at radius 2 is 2.36 bits per heavy atom. The largest absolute Gasteiger partial charge is 0.336 e. The molecule has 0 aromatic carbocycles. The number of hydrogen-bond acceptors (Lipinski definition) is 3. The maximum absolute atomic E-state index is 7.33. The summed E-state index contributed by atoms with van der Waals surface area (Å²) >= 11 is 1.53. The number of nitrogens with one attached hydrogen (secondary N) is 2. The van der Waals surface area contributed by atoms with Gasteiger partial charge in [0.2, 0.25) is 0 Å². The van der Waals surface area contributed by atoms with E-state index >= 15 is 0 Å². The minimum atomic E-state index is 0.562. The fourth-order valence-corrected chi connectivity index (χ4v) is 0.840. The molecule has 0 saturated carbocycles. The Hall–Kier alpha value is -0.640. The summed E-state index contributed by atoms with van der Waals surface area (Å²) < 4.78 is 2.97. The van der Waals surface area contributed by atoms with Gasteiger partial charge in [0, 0.05) is 25.2 Å². The van der Waals surface area contributed by atoms with Crippen LogP contribution in [0.15, 0.2) is 12.4 Å². The Morgan fingerprint density at radius 3 is 2.73 bits per heavy atom. The van der Waals surface area contributed by atoms with E-state index in [2.05, 4.69) is 4.72 Å². The number of nitrogens with zero attached hydrogens (tertiary/aromatic N) is 1. The highest BCUT2D eigenvalue weighted by Gasteiger charge is 1.94. The molecule has 0 bridgehead atoms. The van der Waals surface area contributed by atoms with Gasteiger partial charge in [0.25, 0.3) is 0 Å². The summed E-state index contributed by atoms with van der Waals surface area (Å²) in [6.07, 6.45) is 5.64. The van der Waals surface area contributed by atoms with Crippen LogP contribution in [0.2, 0.25) is 0 Å². The van der Waals surface area contributed by atoms with Crippen LogP contribution in [0, 0.1) is 5.41 Å². The first-order chi connectivity index (χ1) is 5.22. The molecule has 0 fully saturated rings. The van der Waals surface area contributed by atoms with Crippen LogP contribution in [-0.4, -0.2) is 23.5 Å². The third kappa shape index (κ3) is 4.72. The fraction of sp³-hybridized carbons (Fsp3) is 0.571. The zero-order valence-corrected chi connectivity index (χ0v) is 8.03. The molecular weight excluding hydrogens is 158 g/mol. The van der Waals surface area contributed by atoms with Gasteiger partial charge >= 0.3 is 0 Å². The average molecular weight is 173 g/mol. The lowest BCUT2D eigenvalue weighted by molar-refractivity contribution is 0.580. The number of rotatable bonds is 4. The summed E-state index contributed by atoms with van der Waals surface area (Å²) in [4.78, 5) is 1.85.